The molecule has 0 saturated carbocycles. The van der Waals surface area contributed by atoms with Gasteiger partial charge in [0.1, 0.15) is 0 Å². The second kappa shape index (κ2) is 9.93. The highest BCUT2D eigenvalue weighted by Gasteiger charge is 2.21. The molecule has 0 atom stereocenters. The third kappa shape index (κ3) is 4.94. The summed E-state index contributed by atoms with van der Waals surface area (Å²) in [5.41, 5.74) is 12.1. The predicted octanol–water partition coefficient (Wildman–Crippen LogP) is 4.60. The van der Waals surface area contributed by atoms with Gasteiger partial charge < -0.3 is 15.5 Å². The number of aryl methyl sites for hydroxylation is 1. The number of pyridine rings is 2. The molecule has 1 amide bonds. The molecule has 0 bridgehead atoms. The Labute approximate surface area is 209 Å². The Bertz CT molecular complexity index is 1340. The number of carbonyl (C=O) groups excluding carboxylic acids is 1. The number of amides is 1. The largest absolute Gasteiger partial charge is 0.375 e. The minimum absolute atomic E-state index is 0.0854. The Kier molecular flexibility index (Phi) is 6.57. The van der Waals surface area contributed by atoms with Crippen molar-refractivity contribution in [3.05, 3.63) is 72.1 Å². The quantitative estimate of drug-likeness (QED) is 0.445. The molecular formula is C27H28N6OS. The molecule has 1 aliphatic rings. The molecule has 4 aromatic rings. The Morgan fingerprint density at radius 1 is 0.971 bits per heavy atom. The number of anilines is 1. The highest BCUT2D eigenvalue weighted by atomic mass is 32.1. The summed E-state index contributed by atoms with van der Waals surface area (Å²) in [4.78, 5) is 32.0. The van der Waals surface area contributed by atoms with E-state index < -0.39 is 0 Å². The van der Waals surface area contributed by atoms with Crippen LogP contribution in [0, 0.1) is 6.92 Å². The summed E-state index contributed by atoms with van der Waals surface area (Å²) in [5.74, 6) is 0.0854. The van der Waals surface area contributed by atoms with Gasteiger partial charge >= 0.3 is 0 Å². The number of rotatable bonds is 5. The molecule has 1 aromatic carbocycles. The van der Waals surface area contributed by atoms with E-state index >= 15 is 0 Å². The Morgan fingerprint density at radius 3 is 2.46 bits per heavy atom. The third-order valence-corrected chi connectivity index (χ3v) is 7.24. The van der Waals surface area contributed by atoms with Crippen LogP contribution < -0.4 is 5.73 Å². The highest BCUT2D eigenvalue weighted by molar-refractivity contribution is 7.19. The first-order valence-corrected chi connectivity index (χ1v) is 12.6. The van der Waals surface area contributed by atoms with Gasteiger partial charge in [0.15, 0.2) is 5.13 Å². The molecule has 0 spiro atoms. The van der Waals surface area contributed by atoms with E-state index in [1.165, 1.54) is 11.3 Å². The lowest BCUT2D eigenvalue weighted by molar-refractivity contribution is 0.0643. The van der Waals surface area contributed by atoms with Gasteiger partial charge in [-0.15, -0.1) is 0 Å². The summed E-state index contributed by atoms with van der Waals surface area (Å²) in [6.45, 7) is 8.55. The molecule has 0 radical (unpaired) electrons. The fourth-order valence-electron chi connectivity index (χ4n) is 4.34. The fourth-order valence-corrected chi connectivity index (χ4v) is 5.17. The highest BCUT2D eigenvalue weighted by Crippen LogP contribution is 2.38. The number of nitrogens with zero attached hydrogens (tertiary/aromatic N) is 5. The second-order valence-corrected chi connectivity index (χ2v) is 9.66. The molecule has 4 heterocycles. The van der Waals surface area contributed by atoms with Gasteiger partial charge in [0.05, 0.1) is 22.0 Å². The smallest absolute Gasteiger partial charge is 0.253 e. The number of nitrogen functional groups attached to an aromatic ring is 1. The predicted molar refractivity (Wildman–Crippen MR) is 141 cm³/mol. The van der Waals surface area contributed by atoms with Crippen LogP contribution in [0.2, 0.25) is 0 Å². The van der Waals surface area contributed by atoms with E-state index in [1.54, 1.807) is 6.20 Å². The van der Waals surface area contributed by atoms with Crippen molar-refractivity contribution in [3.63, 3.8) is 0 Å². The number of aromatic nitrogens is 3. The van der Waals surface area contributed by atoms with Crippen molar-refractivity contribution in [3.8, 4) is 33.1 Å². The summed E-state index contributed by atoms with van der Waals surface area (Å²) >= 11 is 1.43. The number of hydrogen-bond donors (Lipinski definition) is 1. The lowest BCUT2D eigenvalue weighted by Gasteiger charge is -2.34. The number of nitrogens with two attached hydrogens (primary N) is 1. The number of carbonyl (C=O) groups is 1. The summed E-state index contributed by atoms with van der Waals surface area (Å²) in [7, 11) is 0. The van der Waals surface area contributed by atoms with Gasteiger partial charge in [0.2, 0.25) is 0 Å². The lowest BCUT2D eigenvalue weighted by Crippen LogP contribution is -2.48. The maximum absolute atomic E-state index is 12.9. The Hall–Kier alpha value is -3.62. The molecule has 0 aliphatic carbocycles. The van der Waals surface area contributed by atoms with Gasteiger partial charge in [-0.1, -0.05) is 36.5 Å². The molecule has 0 unspecified atom stereocenters. The van der Waals surface area contributed by atoms with E-state index in [9.17, 15) is 4.79 Å². The first kappa shape index (κ1) is 23.1. The molecule has 1 fully saturated rings. The van der Waals surface area contributed by atoms with E-state index in [4.69, 9.17) is 5.73 Å². The van der Waals surface area contributed by atoms with Crippen LogP contribution in [0.3, 0.4) is 0 Å². The van der Waals surface area contributed by atoms with Crippen LogP contribution in [-0.4, -0.2) is 63.4 Å². The van der Waals surface area contributed by atoms with Crippen LogP contribution in [0.25, 0.3) is 33.1 Å². The molecular weight excluding hydrogens is 456 g/mol. The van der Waals surface area contributed by atoms with Gasteiger partial charge in [-0.3, -0.25) is 14.8 Å². The number of likely N-dealkylation sites (N-methyl/N-ethyl adjacent to an activating group) is 1. The van der Waals surface area contributed by atoms with Gasteiger partial charge in [-0.2, -0.15) is 0 Å². The van der Waals surface area contributed by atoms with E-state index in [0.29, 0.717) is 10.7 Å². The number of benzene rings is 1. The molecule has 1 saturated heterocycles. The summed E-state index contributed by atoms with van der Waals surface area (Å²) in [5, 5.41) is 0.499. The van der Waals surface area contributed by atoms with Crippen molar-refractivity contribution < 1.29 is 4.79 Å². The molecule has 3 aromatic heterocycles. The van der Waals surface area contributed by atoms with Crippen LogP contribution in [0.15, 0.2) is 60.8 Å². The molecule has 7 nitrogen and oxygen atoms in total. The topological polar surface area (TPSA) is 88.2 Å². The van der Waals surface area contributed by atoms with Crippen molar-refractivity contribution in [2.45, 2.75) is 13.8 Å². The third-order valence-electron chi connectivity index (χ3n) is 6.33. The van der Waals surface area contributed by atoms with Crippen molar-refractivity contribution >= 4 is 22.4 Å². The summed E-state index contributed by atoms with van der Waals surface area (Å²) < 4.78 is 0. The lowest BCUT2D eigenvalue weighted by atomic mass is 10.0. The molecule has 1 aliphatic heterocycles. The SMILES string of the molecule is CCN1CCN(C(=O)c2ccc(-c3cc(-c4nc(N)sc4-c4cccc(C)n4)ccn3)cc2)CC1. The van der Waals surface area contributed by atoms with Gasteiger partial charge in [0.25, 0.3) is 5.91 Å². The van der Waals surface area contributed by atoms with Crippen molar-refractivity contribution in [2.24, 2.45) is 0 Å². The number of hydrogen-bond acceptors (Lipinski definition) is 7. The van der Waals surface area contributed by atoms with Crippen molar-refractivity contribution in [1.82, 2.24) is 24.8 Å². The zero-order valence-electron chi connectivity index (χ0n) is 19.9. The standard InChI is InChI=1S/C27H28N6OS/c1-3-32-13-15-33(16-14-32)26(34)20-9-7-19(8-10-20)23-17-21(11-12-29-23)24-25(35-27(28)31-24)22-6-4-5-18(2)30-22/h4-12,17H,3,13-16H2,1-2H3,(H2,28,31). The Morgan fingerprint density at radius 2 is 1.74 bits per heavy atom. The molecule has 35 heavy (non-hydrogen) atoms. The second-order valence-electron chi connectivity index (χ2n) is 8.63. The minimum atomic E-state index is 0.0854. The Balaban J connectivity index is 1.39. The van der Waals surface area contributed by atoms with Crippen LogP contribution >= 0.6 is 11.3 Å². The van der Waals surface area contributed by atoms with Gasteiger partial charge in [0, 0.05) is 54.8 Å². The minimum Gasteiger partial charge on any atom is -0.375 e. The average Bonchev–Trinajstić information content (AvgIpc) is 3.30. The number of thiazole rings is 1. The monoisotopic (exact) mass is 484 g/mol. The zero-order valence-corrected chi connectivity index (χ0v) is 20.8. The van der Waals surface area contributed by atoms with Crippen LogP contribution in [-0.2, 0) is 0 Å². The van der Waals surface area contributed by atoms with Crippen LogP contribution in [0.5, 0.6) is 0 Å². The van der Waals surface area contributed by atoms with E-state index in [2.05, 4.69) is 26.8 Å². The zero-order chi connectivity index (χ0) is 24.4. The van der Waals surface area contributed by atoms with Gasteiger partial charge in [-0.05, 0) is 49.9 Å². The number of piperazine rings is 1. The maximum Gasteiger partial charge on any atom is 0.253 e. The van der Waals surface area contributed by atoms with E-state index in [1.807, 2.05) is 66.4 Å². The normalized spacial score (nSPS) is 14.3. The maximum atomic E-state index is 12.9. The first-order chi connectivity index (χ1) is 17.0. The summed E-state index contributed by atoms with van der Waals surface area (Å²) in [6, 6.07) is 17.6. The van der Waals surface area contributed by atoms with Crippen LogP contribution in [0.4, 0.5) is 5.13 Å². The van der Waals surface area contributed by atoms with Gasteiger partial charge in [-0.25, -0.2) is 4.98 Å². The molecule has 5 rings (SSSR count). The fraction of sp³-hybridized carbons (Fsp3) is 0.259. The van der Waals surface area contributed by atoms with Crippen molar-refractivity contribution in [2.75, 3.05) is 38.5 Å². The summed E-state index contributed by atoms with van der Waals surface area (Å²) in [6.07, 6.45) is 1.78. The first-order valence-electron chi connectivity index (χ1n) is 11.8. The van der Waals surface area contributed by atoms with E-state index in [-0.39, 0.29) is 5.91 Å². The van der Waals surface area contributed by atoms with E-state index in [0.717, 1.165) is 71.5 Å². The van der Waals surface area contributed by atoms with Crippen molar-refractivity contribution in [1.29, 1.82) is 0 Å². The molecule has 8 heteroatoms. The average molecular weight is 485 g/mol. The molecule has 178 valence electrons. The molecule has 2 N–H and O–H groups in total. The van der Waals surface area contributed by atoms with Crippen LogP contribution in [0.1, 0.15) is 23.0 Å².